The van der Waals surface area contributed by atoms with Crippen molar-refractivity contribution in [2.24, 2.45) is 0 Å². The van der Waals surface area contributed by atoms with Gasteiger partial charge in [-0.05, 0) is 138 Å². The first-order chi connectivity index (χ1) is 31.0. The van der Waals surface area contributed by atoms with E-state index in [0.29, 0.717) is 11.1 Å². The Morgan fingerprint density at radius 2 is 0.619 bits per heavy atom. The third kappa shape index (κ3) is 9.08. The first-order valence-electron chi connectivity index (χ1n) is 21.3. The second-order valence-corrected chi connectivity index (χ2v) is 15.6. The summed E-state index contributed by atoms with van der Waals surface area (Å²) in [5, 5.41) is 0. The Balaban J connectivity index is 1.15. The Kier molecular flexibility index (Phi) is 11.8. The van der Waals surface area contributed by atoms with E-state index in [4.69, 9.17) is 6.42 Å². The molecule has 9 rings (SSSR count). The van der Waals surface area contributed by atoms with Crippen molar-refractivity contribution in [2.75, 3.05) is 0 Å². The lowest BCUT2D eigenvalue weighted by atomic mass is 9.89. The Morgan fingerprint density at radius 3 is 0.905 bits per heavy atom. The minimum absolute atomic E-state index is 0.0483. The van der Waals surface area contributed by atoms with Crippen LogP contribution in [0.2, 0.25) is 0 Å². The molecule has 0 N–H and O–H groups in total. The smallest absolute Gasteiger partial charge is 0.193 e. The first kappa shape index (κ1) is 40.1. The van der Waals surface area contributed by atoms with Crippen LogP contribution >= 0.6 is 0 Å². The van der Waals surface area contributed by atoms with E-state index in [1.54, 1.807) is 6.08 Å². The van der Waals surface area contributed by atoms with Crippen LogP contribution in [0.5, 0.6) is 0 Å². The van der Waals surface area contributed by atoms with Gasteiger partial charge in [0.05, 0.1) is 0 Å². The van der Waals surface area contributed by atoms with Crippen LogP contribution in [0.1, 0.15) is 28.4 Å². The molecule has 0 atom stereocenters. The lowest BCUT2D eigenvalue weighted by Gasteiger charge is -2.14. The quantitative estimate of drug-likeness (QED) is 0.0723. The molecule has 0 bridgehead atoms. The van der Waals surface area contributed by atoms with Crippen molar-refractivity contribution in [1.29, 1.82) is 0 Å². The van der Waals surface area contributed by atoms with Gasteiger partial charge in [-0.15, -0.1) is 6.42 Å². The number of rotatable bonds is 11. The molecule has 0 aliphatic rings. The van der Waals surface area contributed by atoms with Gasteiger partial charge in [-0.1, -0.05) is 206 Å². The van der Waals surface area contributed by atoms with Crippen LogP contribution in [0.4, 0.5) is 0 Å². The number of carbonyl (C=O) groups excluding carboxylic acids is 1. The number of terminal acetylenes is 1. The van der Waals surface area contributed by atoms with Crippen LogP contribution in [-0.2, 0) is 0 Å². The van der Waals surface area contributed by atoms with Gasteiger partial charge in [-0.2, -0.15) is 0 Å². The highest BCUT2D eigenvalue weighted by Crippen LogP contribution is 2.35. The molecule has 63 heavy (non-hydrogen) atoms. The van der Waals surface area contributed by atoms with Crippen LogP contribution in [-0.4, -0.2) is 5.78 Å². The molecule has 0 saturated carbocycles. The number of hydrogen-bond donors (Lipinski definition) is 0. The van der Waals surface area contributed by atoms with Crippen molar-refractivity contribution >= 4 is 11.4 Å². The first-order valence-corrected chi connectivity index (χ1v) is 21.3. The molecule has 0 radical (unpaired) electrons. The van der Waals surface area contributed by atoms with E-state index in [1.165, 1.54) is 0 Å². The van der Waals surface area contributed by atoms with Crippen LogP contribution in [0, 0.1) is 12.3 Å². The van der Waals surface area contributed by atoms with E-state index in [0.717, 1.165) is 89.0 Å². The average molecular weight is 805 g/mol. The maximum atomic E-state index is 15.2. The average Bonchev–Trinajstić information content (AvgIpc) is 3.37. The lowest BCUT2D eigenvalue weighted by molar-refractivity contribution is 0.103. The summed E-state index contributed by atoms with van der Waals surface area (Å²) in [6.07, 6.45) is 11.5. The molecule has 1 nitrogen and oxygen atoms in total. The molecule has 0 amide bonds. The van der Waals surface area contributed by atoms with Gasteiger partial charge in [0.2, 0.25) is 0 Å². The largest absolute Gasteiger partial charge is 0.289 e. The monoisotopic (exact) mass is 804 g/mol. The van der Waals surface area contributed by atoms with Crippen LogP contribution in [0.25, 0.3) is 83.5 Å². The van der Waals surface area contributed by atoms with Crippen LogP contribution in [0.15, 0.2) is 243 Å². The molecular weight excluding hydrogens is 761 g/mol. The molecule has 0 heterocycles. The highest BCUT2D eigenvalue weighted by Gasteiger charge is 2.17. The van der Waals surface area contributed by atoms with Gasteiger partial charge in [0, 0.05) is 11.1 Å². The molecule has 0 fully saturated rings. The molecule has 298 valence electrons. The second kappa shape index (κ2) is 18.5. The fourth-order valence-corrected chi connectivity index (χ4v) is 8.16. The normalized spacial score (nSPS) is 11.3. The van der Waals surface area contributed by atoms with Gasteiger partial charge in [-0.25, -0.2) is 0 Å². The third-order valence-corrected chi connectivity index (χ3v) is 11.5. The van der Waals surface area contributed by atoms with Crippen molar-refractivity contribution in [1.82, 2.24) is 0 Å². The molecule has 9 aromatic rings. The maximum absolute atomic E-state index is 15.2. The zero-order chi connectivity index (χ0) is 43.0. The minimum atomic E-state index is -0.0483. The van der Waals surface area contributed by atoms with Crippen molar-refractivity contribution in [3.8, 4) is 90.2 Å². The molecular formula is C62H44O. The summed E-state index contributed by atoms with van der Waals surface area (Å²) in [7, 11) is 0. The van der Waals surface area contributed by atoms with E-state index < -0.39 is 0 Å². The van der Waals surface area contributed by atoms with Gasteiger partial charge in [0.25, 0.3) is 0 Å². The van der Waals surface area contributed by atoms with Crippen molar-refractivity contribution in [2.45, 2.75) is 6.92 Å². The molecule has 0 unspecified atom stereocenters. The van der Waals surface area contributed by atoms with Gasteiger partial charge < -0.3 is 0 Å². The number of allylic oxidation sites excluding steroid dienone is 4. The zero-order valence-electron chi connectivity index (χ0n) is 35.1. The Labute approximate surface area is 371 Å². The molecule has 0 aromatic heterocycles. The highest BCUT2D eigenvalue weighted by molar-refractivity contribution is 6.11. The molecule has 0 aliphatic heterocycles. The Bertz CT molecular complexity index is 3010. The molecule has 0 saturated heterocycles. The van der Waals surface area contributed by atoms with Gasteiger partial charge >= 0.3 is 0 Å². The van der Waals surface area contributed by atoms with Crippen molar-refractivity contribution < 1.29 is 4.79 Å². The van der Waals surface area contributed by atoms with Gasteiger partial charge in [0.1, 0.15) is 0 Å². The third-order valence-electron chi connectivity index (χ3n) is 11.5. The zero-order valence-corrected chi connectivity index (χ0v) is 35.1. The maximum Gasteiger partial charge on any atom is 0.193 e. The van der Waals surface area contributed by atoms with E-state index in [9.17, 15) is 0 Å². The second-order valence-electron chi connectivity index (χ2n) is 15.6. The number of ketones is 1. The summed E-state index contributed by atoms with van der Waals surface area (Å²) in [5.74, 6) is 2.62. The van der Waals surface area contributed by atoms with E-state index in [1.807, 2.05) is 61.5 Å². The van der Waals surface area contributed by atoms with E-state index >= 15 is 4.79 Å². The predicted octanol–water partition coefficient (Wildman–Crippen LogP) is 16.2. The summed E-state index contributed by atoms with van der Waals surface area (Å²) in [5.41, 5.74) is 18.1. The Morgan fingerprint density at radius 1 is 0.349 bits per heavy atom. The predicted molar refractivity (Wildman–Crippen MR) is 266 cm³/mol. The van der Waals surface area contributed by atoms with E-state index in [-0.39, 0.29) is 5.78 Å². The van der Waals surface area contributed by atoms with Gasteiger partial charge in [0.15, 0.2) is 5.78 Å². The minimum Gasteiger partial charge on any atom is -0.289 e. The number of carbonyl (C=O) groups is 1. The van der Waals surface area contributed by atoms with Crippen molar-refractivity contribution in [3.63, 3.8) is 0 Å². The van der Waals surface area contributed by atoms with Crippen LogP contribution < -0.4 is 0 Å². The van der Waals surface area contributed by atoms with Gasteiger partial charge in [-0.3, -0.25) is 4.79 Å². The summed E-state index contributed by atoms with van der Waals surface area (Å²) in [4.78, 5) is 15.2. The molecule has 0 aliphatic carbocycles. The summed E-state index contributed by atoms with van der Waals surface area (Å²) >= 11 is 0. The lowest BCUT2D eigenvalue weighted by Crippen LogP contribution is -2.03. The van der Waals surface area contributed by atoms with Crippen LogP contribution in [0.3, 0.4) is 0 Å². The number of benzene rings is 9. The number of hydrogen-bond acceptors (Lipinski definition) is 1. The molecule has 1 heteroatoms. The Hall–Kier alpha value is -8.31. The molecule has 9 aromatic carbocycles. The summed E-state index contributed by atoms with van der Waals surface area (Å²) in [6.45, 7) is 1.98. The van der Waals surface area contributed by atoms with E-state index in [2.05, 4.69) is 188 Å². The summed E-state index contributed by atoms with van der Waals surface area (Å²) in [6, 6.07) is 77.9. The van der Waals surface area contributed by atoms with Crippen molar-refractivity contribution in [3.05, 3.63) is 259 Å². The fraction of sp³-hybridized carbons (Fsp3) is 0.0161. The topological polar surface area (TPSA) is 17.1 Å². The fourth-order valence-electron chi connectivity index (χ4n) is 8.16. The highest BCUT2D eigenvalue weighted by atomic mass is 16.1. The standard InChI is InChI=1S/C62H44O/c1-3-14-44(15-4-2)48-22-30-52(31-23-48)56-38-57(53-32-24-49(25-33-53)45-16-8-5-9-17-45)41-60(40-56)62(63)61-42-58(54-34-26-50(27-35-54)46-18-10-6-11-19-46)39-59(43-61)55-36-28-51(29-37-55)47-20-12-7-13-21-47/h1,4-43H,2H3. The summed E-state index contributed by atoms with van der Waals surface area (Å²) < 4.78 is 0. The molecule has 0 spiro atoms. The SMILES string of the molecule is C#CC=C(C=CC)c1ccc(-c2cc(C(=O)c3cc(-c4ccc(-c5ccccc5)cc4)cc(-c4ccc(-c5ccccc5)cc4)c3)cc(-c3ccc(-c4ccccc4)cc3)c2)cc1.